The van der Waals surface area contributed by atoms with Crippen LogP contribution in [0.3, 0.4) is 0 Å². The predicted octanol–water partition coefficient (Wildman–Crippen LogP) is 1.79. The van der Waals surface area contributed by atoms with Crippen molar-refractivity contribution in [3.8, 4) is 0 Å². The summed E-state index contributed by atoms with van der Waals surface area (Å²) in [5.41, 5.74) is 0.310. The Morgan fingerprint density at radius 2 is 1.85 bits per heavy atom. The minimum absolute atomic E-state index is 0.131. The second-order valence-corrected chi connectivity index (χ2v) is 8.53. The fraction of sp³-hybridized carbons (Fsp3) is 0.474. The fourth-order valence-electron chi connectivity index (χ4n) is 3.12. The molecule has 0 unspecified atom stereocenters. The number of Topliss-reactive ketones (excluding diaryl/α,β-unsaturated/α-hetero) is 1. The zero-order chi connectivity index (χ0) is 19.3. The summed E-state index contributed by atoms with van der Waals surface area (Å²) in [5.74, 6) is -0.565. The van der Waals surface area contributed by atoms with Gasteiger partial charge < -0.3 is 9.47 Å². The van der Waals surface area contributed by atoms with Crippen LogP contribution in [0.5, 0.6) is 0 Å². The van der Waals surface area contributed by atoms with Gasteiger partial charge in [0, 0.05) is 18.7 Å². The van der Waals surface area contributed by atoms with Crippen LogP contribution in [-0.4, -0.2) is 57.4 Å². The van der Waals surface area contributed by atoms with Crippen molar-refractivity contribution in [1.29, 1.82) is 0 Å². The molecule has 1 atom stereocenters. The van der Waals surface area contributed by atoms with E-state index in [2.05, 4.69) is 0 Å². The van der Waals surface area contributed by atoms with Gasteiger partial charge in [0.1, 0.15) is 0 Å². The topological polar surface area (TPSA) is 90.0 Å². The molecule has 0 amide bonds. The molecular weight excluding hydrogens is 370 g/mol. The molecule has 3 rings (SSSR count). The largest absolute Gasteiger partial charge is 0.457 e. The summed E-state index contributed by atoms with van der Waals surface area (Å²) >= 11 is 0. The number of hydrogen-bond acceptors (Lipinski definition) is 6. The van der Waals surface area contributed by atoms with Crippen LogP contribution < -0.4 is 0 Å². The highest BCUT2D eigenvalue weighted by Crippen LogP contribution is 2.21. The quantitative estimate of drug-likeness (QED) is 0.399. The molecule has 1 aliphatic heterocycles. The number of esters is 1. The van der Waals surface area contributed by atoms with Gasteiger partial charge in [0.15, 0.2) is 12.4 Å². The van der Waals surface area contributed by atoms with E-state index >= 15 is 0 Å². The maximum atomic E-state index is 12.6. The first-order valence-electron chi connectivity index (χ1n) is 9.00. The van der Waals surface area contributed by atoms with Gasteiger partial charge in [0.05, 0.1) is 24.5 Å². The Bertz CT molecular complexity index is 809. The third-order valence-corrected chi connectivity index (χ3v) is 6.60. The van der Waals surface area contributed by atoms with Gasteiger partial charge in [-0.25, -0.2) is 8.42 Å². The Morgan fingerprint density at radius 3 is 2.48 bits per heavy atom. The number of sulfonamides is 1. The zero-order valence-corrected chi connectivity index (χ0v) is 15.8. The number of benzene rings is 1. The average molecular weight is 393 g/mol. The zero-order valence-electron chi connectivity index (χ0n) is 15.0. The molecule has 146 valence electrons. The second kappa shape index (κ2) is 8.77. The molecular formula is C19H23NO6S. The van der Waals surface area contributed by atoms with E-state index in [0.717, 1.165) is 12.8 Å². The van der Waals surface area contributed by atoms with Gasteiger partial charge in [-0.3, -0.25) is 9.59 Å². The smallest absolute Gasteiger partial charge is 0.306 e. The third kappa shape index (κ3) is 5.03. The van der Waals surface area contributed by atoms with Crippen molar-refractivity contribution in [3.05, 3.63) is 42.0 Å². The van der Waals surface area contributed by atoms with Gasteiger partial charge in [-0.2, -0.15) is 4.31 Å². The van der Waals surface area contributed by atoms with Crippen LogP contribution >= 0.6 is 0 Å². The van der Waals surface area contributed by atoms with Crippen LogP contribution in [0, 0.1) is 5.92 Å². The minimum Gasteiger partial charge on any atom is -0.457 e. The Hall–Kier alpha value is -2.03. The lowest BCUT2D eigenvalue weighted by Crippen LogP contribution is -2.40. The van der Waals surface area contributed by atoms with Gasteiger partial charge in [-0.05, 0) is 43.0 Å². The lowest BCUT2D eigenvalue weighted by molar-refractivity contribution is -0.143. The molecule has 1 fully saturated rings. The van der Waals surface area contributed by atoms with Crippen LogP contribution in [0.15, 0.2) is 41.3 Å². The molecule has 2 aliphatic rings. The number of hydrogen-bond donors (Lipinski definition) is 0. The molecule has 8 heteroatoms. The van der Waals surface area contributed by atoms with Gasteiger partial charge in [-0.15, -0.1) is 0 Å². The molecule has 27 heavy (non-hydrogen) atoms. The molecule has 0 aromatic heterocycles. The number of carbonyl (C=O) groups is 2. The summed E-state index contributed by atoms with van der Waals surface area (Å²) in [4.78, 5) is 24.1. The molecule has 0 bridgehead atoms. The number of rotatable bonds is 7. The van der Waals surface area contributed by atoms with E-state index in [9.17, 15) is 18.0 Å². The van der Waals surface area contributed by atoms with E-state index in [1.807, 2.05) is 12.2 Å². The van der Waals surface area contributed by atoms with Gasteiger partial charge in [0.2, 0.25) is 10.0 Å². The standard InChI is InChI=1S/C19H23NO6S/c21-18(14-26-19(22)13-15-3-1-2-4-15)16-5-7-17(8-6-16)27(23,24)20-9-11-25-12-10-20/h1,3,5-8,15H,2,4,9-14H2/t15-/m0/s1. The molecule has 1 aliphatic carbocycles. The molecule has 0 radical (unpaired) electrons. The first-order valence-corrected chi connectivity index (χ1v) is 10.4. The maximum absolute atomic E-state index is 12.6. The molecule has 1 heterocycles. The summed E-state index contributed by atoms with van der Waals surface area (Å²) in [6.07, 6.45) is 6.21. The molecule has 0 spiro atoms. The fourth-order valence-corrected chi connectivity index (χ4v) is 4.52. The summed E-state index contributed by atoms with van der Waals surface area (Å²) < 4.78 is 36.7. The van der Waals surface area contributed by atoms with Crippen LogP contribution in [-0.2, 0) is 24.3 Å². The Labute approximate surface area is 159 Å². The monoisotopic (exact) mass is 393 g/mol. The normalized spacial score (nSPS) is 20.5. The number of carbonyl (C=O) groups excluding carboxylic acids is 2. The Morgan fingerprint density at radius 1 is 1.15 bits per heavy atom. The minimum atomic E-state index is -3.59. The molecule has 1 saturated heterocycles. The second-order valence-electron chi connectivity index (χ2n) is 6.59. The first kappa shape index (κ1) is 19.7. The van der Waals surface area contributed by atoms with Crippen molar-refractivity contribution in [2.24, 2.45) is 5.92 Å². The maximum Gasteiger partial charge on any atom is 0.306 e. The summed E-state index contributed by atoms with van der Waals surface area (Å²) in [7, 11) is -3.59. The van der Waals surface area contributed by atoms with Crippen molar-refractivity contribution in [3.63, 3.8) is 0 Å². The predicted molar refractivity (Wildman–Crippen MR) is 97.8 cm³/mol. The van der Waals surface area contributed by atoms with Crippen molar-refractivity contribution in [2.75, 3.05) is 32.9 Å². The molecule has 0 saturated carbocycles. The molecule has 7 nitrogen and oxygen atoms in total. The number of nitrogens with zero attached hydrogens (tertiary/aromatic N) is 1. The highest BCUT2D eigenvalue weighted by Gasteiger charge is 2.26. The number of morpholine rings is 1. The van der Waals surface area contributed by atoms with E-state index in [1.165, 1.54) is 28.6 Å². The highest BCUT2D eigenvalue weighted by atomic mass is 32.2. The summed E-state index contributed by atoms with van der Waals surface area (Å²) in [5, 5.41) is 0. The lowest BCUT2D eigenvalue weighted by atomic mass is 10.1. The Kier molecular flexibility index (Phi) is 6.41. The van der Waals surface area contributed by atoms with Gasteiger partial charge >= 0.3 is 5.97 Å². The number of allylic oxidation sites excluding steroid dienone is 2. The summed E-state index contributed by atoms with van der Waals surface area (Å²) in [6, 6.07) is 5.71. The third-order valence-electron chi connectivity index (χ3n) is 4.69. The average Bonchev–Trinajstić information content (AvgIpc) is 3.20. The number of ketones is 1. The van der Waals surface area contributed by atoms with Crippen molar-refractivity contribution >= 4 is 21.8 Å². The van der Waals surface area contributed by atoms with Crippen molar-refractivity contribution < 1.29 is 27.5 Å². The number of ether oxygens (including phenoxy) is 2. The lowest BCUT2D eigenvalue weighted by Gasteiger charge is -2.26. The first-order chi connectivity index (χ1) is 13.0. The highest BCUT2D eigenvalue weighted by molar-refractivity contribution is 7.89. The van der Waals surface area contributed by atoms with Crippen LogP contribution in [0.1, 0.15) is 29.6 Å². The van der Waals surface area contributed by atoms with Crippen LogP contribution in [0.4, 0.5) is 0 Å². The summed E-state index contributed by atoms with van der Waals surface area (Å²) in [6.45, 7) is 1.03. The molecule has 0 N–H and O–H groups in total. The van der Waals surface area contributed by atoms with E-state index in [-0.39, 0.29) is 29.6 Å². The van der Waals surface area contributed by atoms with Gasteiger partial charge in [0.25, 0.3) is 0 Å². The van der Waals surface area contributed by atoms with E-state index in [0.29, 0.717) is 31.9 Å². The molecule has 1 aromatic rings. The van der Waals surface area contributed by atoms with Gasteiger partial charge in [-0.1, -0.05) is 12.2 Å². The van der Waals surface area contributed by atoms with Crippen LogP contribution in [0.2, 0.25) is 0 Å². The SMILES string of the molecule is O=C(C[C@H]1C=CCC1)OCC(=O)c1ccc(S(=O)(=O)N2CCOCC2)cc1. The van der Waals surface area contributed by atoms with E-state index < -0.39 is 16.0 Å². The Balaban J connectivity index is 1.55. The van der Waals surface area contributed by atoms with Crippen molar-refractivity contribution in [1.82, 2.24) is 4.31 Å². The van der Waals surface area contributed by atoms with Crippen molar-refractivity contribution in [2.45, 2.75) is 24.2 Å². The molecule has 1 aromatic carbocycles. The van der Waals surface area contributed by atoms with E-state index in [1.54, 1.807) is 0 Å². The van der Waals surface area contributed by atoms with E-state index in [4.69, 9.17) is 9.47 Å². The van der Waals surface area contributed by atoms with Crippen LogP contribution in [0.25, 0.3) is 0 Å².